The van der Waals surface area contributed by atoms with E-state index in [1.54, 1.807) is 0 Å². The Morgan fingerprint density at radius 3 is 2.30 bits per heavy atom. The summed E-state index contributed by atoms with van der Waals surface area (Å²) < 4.78 is 39.7. The molecule has 0 atom stereocenters. The first-order valence-electron chi connectivity index (χ1n) is 5.60. The number of carbonyl (C=O) groups excluding carboxylic acids is 1. The van der Waals surface area contributed by atoms with E-state index in [0.717, 1.165) is 0 Å². The van der Waals surface area contributed by atoms with Crippen LogP contribution in [0.4, 0.5) is 18.9 Å². The Bertz CT molecular complexity index is 665. The lowest BCUT2D eigenvalue weighted by Crippen LogP contribution is -2.09. The highest BCUT2D eigenvalue weighted by molar-refractivity contribution is 6.34. The molecule has 0 spiro atoms. The molecular weight excluding hydrogens is 291 g/mol. The van der Waals surface area contributed by atoms with Gasteiger partial charge in [0.2, 0.25) is 0 Å². The minimum absolute atomic E-state index is 0.0646. The second-order valence-corrected chi connectivity index (χ2v) is 4.59. The average molecular weight is 300 g/mol. The van der Waals surface area contributed by atoms with Crippen LogP contribution in [0.2, 0.25) is 5.02 Å². The number of nitrogen functional groups attached to an aromatic ring is 1. The van der Waals surface area contributed by atoms with Gasteiger partial charge in [0.05, 0.1) is 5.02 Å². The molecule has 104 valence electrons. The molecule has 0 aromatic heterocycles. The lowest BCUT2D eigenvalue weighted by molar-refractivity contribution is 0.0990. The van der Waals surface area contributed by atoms with Gasteiger partial charge in [-0.25, -0.2) is 13.2 Å². The molecular formula is C14H9ClF3NO. The maximum atomic E-state index is 13.5. The highest BCUT2D eigenvalue weighted by Crippen LogP contribution is 2.23. The van der Waals surface area contributed by atoms with E-state index in [9.17, 15) is 18.0 Å². The van der Waals surface area contributed by atoms with Crippen molar-refractivity contribution < 1.29 is 18.0 Å². The van der Waals surface area contributed by atoms with Crippen molar-refractivity contribution in [3.8, 4) is 0 Å². The minimum Gasteiger partial charge on any atom is -0.399 e. The van der Waals surface area contributed by atoms with Crippen LogP contribution in [0.3, 0.4) is 0 Å². The van der Waals surface area contributed by atoms with E-state index in [1.165, 1.54) is 18.2 Å². The van der Waals surface area contributed by atoms with E-state index in [0.29, 0.717) is 17.8 Å². The molecule has 20 heavy (non-hydrogen) atoms. The molecule has 0 aliphatic carbocycles. The highest BCUT2D eigenvalue weighted by Gasteiger charge is 2.18. The van der Waals surface area contributed by atoms with Crippen molar-refractivity contribution in [3.63, 3.8) is 0 Å². The summed E-state index contributed by atoms with van der Waals surface area (Å²) in [5, 5.41) is 0.132. The molecule has 2 N–H and O–H groups in total. The first-order chi connectivity index (χ1) is 9.38. The van der Waals surface area contributed by atoms with Crippen molar-refractivity contribution in [2.45, 2.75) is 6.42 Å². The van der Waals surface area contributed by atoms with E-state index in [1.807, 2.05) is 0 Å². The summed E-state index contributed by atoms with van der Waals surface area (Å²) in [6.45, 7) is 0. The monoisotopic (exact) mass is 299 g/mol. The van der Waals surface area contributed by atoms with Gasteiger partial charge in [-0.1, -0.05) is 11.6 Å². The Morgan fingerprint density at radius 1 is 1.10 bits per heavy atom. The quantitative estimate of drug-likeness (QED) is 0.692. The van der Waals surface area contributed by atoms with E-state index in [2.05, 4.69) is 0 Å². The molecule has 0 radical (unpaired) electrons. The Morgan fingerprint density at radius 2 is 1.70 bits per heavy atom. The van der Waals surface area contributed by atoms with Gasteiger partial charge in [0.1, 0.15) is 17.5 Å². The van der Waals surface area contributed by atoms with Gasteiger partial charge < -0.3 is 5.73 Å². The summed E-state index contributed by atoms with van der Waals surface area (Å²) in [7, 11) is 0. The van der Waals surface area contributed by atoms with Crippen LogP contribution in [0, 0.1) is 17.5 Å². The van der Waals surface area contributed by atoms with Crippen LogP contribution in [-0.2, 0) is 6.42 Å². The summed E-state index contributed by atoms with van der Waals surface area (Å²) in [6.07, 6.45) is -0.568. The fraction of sp³-hybridized carbons (Fsp3) is 0.0714. The molecule has 0 aliphatic rings. The highest BCUT2D eigenvalue weighted by atomic mass is 35.5. The van der Waals surface area contributed by atoms with Crippen molar-refractivity contribution in [2.24, 2.45) is 0 Å². The van der Waals surface area contributed by atoms with Gasteiger partial charge >= 0.3 is 0 Å². The van der Waals surface area contributed by atoms with Crippen LogP contribution in [0.15, 0.2) is 30.3 Å². The van der Waals surface area contributed by atoms with Crippen LogP contribution in [0.1, 0.15) is 15.9 Å². The molecule has 0 aliphatic heterocycles. The Hall–Kier alpha value is -2.01. The predicted molar refractivity (Wildman–Crippen MR) is 70.2 cm³/mol. The van der Waals surface area contributed by atoms with E-state index >= 15 is 0 Å². The molecule has 0 bridgehead atoms. The number of carbonyl (C=O) groups is 1. The summed E-state index contributed by atoms with van der Waals surface area (Å²) in [4.78, 5) is 12.0. The van der Waals surface area contributed by atoms with Crippen molar-refractivity contribution >= 4 is 23.1 Å². The lowest BCUT2D eigenvalue weighted by atomic mass is 10.0. The number of hydrogen-bond acceptors (Lipinski definition) is 2. The van der Waals surface area contributed by atoms with Crippen LogP contribution in [0.25, 0.3) is 0 Å². The maximum Gasteiger partial charge on any atom is 0.169 e. The second kappa shape index (κ2) is 5.54. The summed E-state index contributed by atoms with van der Waals surface area (Å²) >= 11 is 5.84. The van der Waals surface area contributed by atoms with Gasteiger partial charge in [-0.15, -0.1) is 0 Å². The SMILES string of the molecule is Nc1ccc(Cl)c(C(=O)Cc2c(F)cc(F)cc2F)c1. The number of ketones is 1. The first-order valence-corrected chi connectivity index (χ1v) is 5.98. The van der Waals surface area contributed by atoms with Crippen molar-refractivity contribution in [3.05, 3.63) is 63.9 Å². The minimum atomic E-state index is -1.11. The van der Waals surface area contributed by atoms with E-state index in [4.69, 9.17) is 17.3 Å². The maximum absolute atomic E-state index is 13.5. The zero-order chi connectivity index (χ0) is 14.9. The number of Topliss-reactive ketones (excluding diaryl/α,β-unsaturated/α-hetero) is 1. The molecule has 2 rings (SSSR count). The van der Waals surface area contributed by atoms with Gasteiger partial charge in [-0.05, 0) is 18.2 Å². The standard InChI is InChI=1S/C14H9ClF3NO/c15-11-2-1-8(19)5-9(11)14(20)6-10-12(17)3-7(16)4-13(10)18/h1-5H,6,19H2. The fourth-order valence-corrected chi connectivity index (χ4v) is 1.98. The van der Waals surface area contributed by atoms with Gasteiger partial charge in [0.25, 0.3) is 0 Å². The Labute approximate surface area is 118 Å². The number of halogens is 4. The lowest BCUT2D eigenvalue weighted by Gasteiger charge is -2.07. The van der Waals surface area contributed by atoms with Crippen LogP contribution in [-0.4, -0.2) is 5.78 Å². The van der Waals surface area contributed by atoms with Crippen molar-refractivity contribution in [1.82, 2.24) is 0 Å². The van der Waals surface area contributed by atoms with E-state index in [-0.39, 0.29) is 10.6 Å². The predicted octanol–water partition coefficient (Wildman–Crippen LogP) is 3.76. The van der Waals surface area contributed by atoms with E-state index < -0.39 is 35.2 Å². The summed E-state index contributed by atoms with van der Waals surface area (Å²) in [5.41, 5.74) is 5.39. The number of anilines is 1. The molecule has 6 heteroatoms. The number of hydrogen-bond donors (Lipinski definition) is 1. The van der Waals surface area contributed by atoms with Gasteiger partial charge in [0, 0.05) is 35.4 Å². The first kappa shape index (κ1) is 14.4. The number of rotatable bonds is 3. The molecule has 2 aromatic rings. The Kier molecular flexibility index (Phi) is 3.99. The van der Waals surface area contributed by atoms with Crippen LogP contribution < -0.4 is 5.73 Å². The molecule has 0 saturated carbocycles. The molecule has 0 heterocycles. The topological polar surface area (TPSA) is 43.1 Å². The third-order valence-electron chi connectivity index (χ3n) is 2.73. The molecule has 2 nitrogen and oxygen atoms in total. The summed E-state index contributed by atoms with van der Waals surface area (Å²) in [6, 6.07) is 5.28. The third kappa shape index (κ3) is 2.93. The van der Waals surface area contributed by atoms with Crippen LogP contribution in [0.5, 0.6) is 0 Å². The molecule has 0 unspecified atom stereocenters. The zero-order valence-corrected chi connectivity index (χ0v) is 10.8. The van der Waals surface area contributed by atoms with Crippen molar-refractivity contribution in [1.29, 1.82) is 0 Å². The Balaban J connectivity index is 2.35. The molecule has 0 fully saturated rings. The fourth-order valence-electron chi connectivity index (χ4n) is 1.75. The largest absolute Gasteiger partial charge is 0.399 e. The molecule has 0 saturated heterocycles. The van der Waals surface area contributed by atoms with Gasteiger partial charge in [0.15, 0.2) is 5.78 Å². The third-order valence-corrected chi connectivity index (χ3v) is 3.06. The summed E-state index contributed by atoms with van der Waals surface area (Å²) in [5.74, 6) is -3.88. The number of nitrogens with two attached hydrogens (primary N) is 1. The van der Waals surface area contributed by atoms with Gasteiger partial charge in [-0.2, -0.15) is 0 Å². The van der Waals surface area contributed by atoms with Crippen molar-refractivity contribution in [2.75, 3.05) is 5.73 Å². The number of benzene rings is 2. The normalized spacial score (nSPS) is 10.6. The van der Waals surface area contributed by atoms with Crippen LogP contribution >= 0.6 is 11.6 Å². The second-order valence-electron chi connectivity index (χ2n) is 4.19. The zero-order valence-electron chi connectivity index (χ0n) is 10.1. The molecule has 2 aromatic carbocycles. The molecule has 0 amide bonds. The van der Waals surface area contributed by atoms with Gasteiger partial charge in [-0.3, -0.25) is 4.79 Å². The smallest absolute Gasteiger partial charge is 0.169 e. The average Bonchev–Trinajstić information content (AvgIpc) is 2.36.